The van der Waals surface area contributed by atoms with Crippen LogP contribution in [0.25, 0.3) is 0 Å². The Kier molecular flexibility index (Phi) is 7.05. The van der Waals surface area contributed by atoms with Crippen molar-refractivity contribution >= 4 is 10.4 Å². The van der Waals surface area contributed by atoms with Gasteiger partial charge in [0.1, 0.15) is 6.54 Å². The lowest BCUT2D eigenvalue weighted by molar-refractivity contribution is -0.697. The lowest BCUT2D eigenvalue weighted by Crippen LogP contribution is -2.32. The normalized spacial score (nSPS) is 10.0. The van der Waals surface area contributed by atoms with Crippen molar-refractivity contribution in [2.75, 3.05) is 0 Å². The topological polar surface area (TPSA) is 105 Å². The van der Waals surface area contributed by atoms with Crippen LogP contribution in [0.2, 0.25) is 0 Å². The molecule has 0 saturated heterocycles. The molecule has 0 aromatic carbocycles. The van der Waals surface area contributed by atoms with Crippen molar-refractivity contribution in [3.05, 3.63) is 30.1 Å². The number of pyridine rings is 1. The summed E-state index contributed by atoms with van der Waals surface area (Å²) < 4.78 is 34.9. The molecule has 0 aliphatic rings. The number of hydrogen-bond donors (Lipinski definition) is 1. The van der Waals surface area contributed by atoms with E-state index in [9.17, 15) is 0 Å². The first-order valence-electron chi connectivity index (χ1n) is 4.94. The molecule has 0 radical (unpaired) electrons. The minimum absolute atomic E-state index is 0.725. The Hall–Kier alpha value is -1.49. The zero-order chi connectivity index (χ0) is 13.3. The predicted molar refractivity (Wildman–Crippen MR) is 58.6 cm³/mol. The highest BCUT2D eigenvalue weighted by molar-refractivity contribution is 7.79. The maximum atomic E-state index is 8.63. The summed E-state index contributed by atoms with van der Waals surface area (Å²) in [4.78, 5) is 0. The second kappa shape index (κ2) is 7.73. The summed E-state index contributed by atoms with van der Waals surface area (Å²) >= 11 is 0. The summed E-state index contributed by atoms with van der Waals surface area (Å²) in [6.07, 6.45) is 6.30. The van der Waals surface area contributed by atoms with Crippen molar-refractivity contribution in [3.63, 3.8) is 0 Å². The Balaban J connectivity index is 0.000000437. The summed E-state index contributed by atoms with van der Waals surface area (Å²) in [6.45, 7) is 3.21. The third-order valence-corrected chi connectivity index (χ3v) is 1.79. The monoisotopic (exact) mass is 258 g/mol. The summed E-state index contributed by atoms with van der Waals surface area (Å²) in [7, 11) is -4.92. The van der Waals surface area contributed by atoms with Gasteiger partial charge in [-0.05, 0) is 0 Å². The Morgan fingerprint density at radius 2 is 1.94 bits per heavy atom. The zero-order valence-electron chi connectivity index (χ0n) is 9.41. The Labute approximate surface area is 101 Å². The smallest absolute Gasteiger partial charge is 0.215 e. The van der Waals surface area contributed by atoms with Crippen LogP contribution >= 0.6 is 0 Å². The molecular formula is C10H14N2O4S. The SMILES string of the molecule is CCCC[n+]1ccc(C#N)cc1.O=S(=O)([O-])O. The van der Waals surface area contributed by atoms with E-state index in [1.54, 1.807) is 0 Å². The molecule has 1 rings (SSSR count). The maximum absolute atomic E-state index is 8.63. The molecule has 0 fully saturated rings. The largest absolute Gasteiger partial charge is 0.726 e. The van der Waals surface area contributed by atoms with Crippen LogP contribution < -0.4 is 4.57 Å². The van der Waals surface area contributed by atoms with E-state index < -0.39 is 10.4 Å². The highest BCUT2D eigenvalue weighted by Gasteiger charge is 1.98. The van der Waals surface area contributed by atoms with Gasteiger partial charge in [0.25, 0.3) is 0 Å². The van der Waals surface area contributed by atoms with E-state index >= 15 is 0 Å². The lowest BCUT2D eigenvalue weighted by Gasteiger charge is -1.93. The quantitative estimate of drug-likeness (QED) is 0.487. The number of nitriles is 1. The van der Waals surface area contributed by atoms with Crippen LogP contribution in [-0.2, 0) is 16.9 Å². The number of unbranched alkanes of at least 4 members (excludes halogenated alkanes) is 1. The molecule has 7 heteroatoms. The van der Waals surface area contributed by atoms with Crippen LogP contribution in [0.4, 0.5) is 0 Å². The molecule has 1 heterocycles. The number of hydrogen-bond acceptors (Lipinski definition) is 4. The zero-order valence-corrected chi connectivity index (χ0v) is 10.2. The lowest BCUT2D eigenvalue weighted by atomic mass is 10.3. The van der Waals surface area contributed by atoms with Gasteiger partial charge in [-0.25, -0.2) is 13.0 Å². The fraction of sp³-hybridized carbons (Fsp3) is 0.400. The Morgan fingerprint density at radius 1 is 1.47 bits per heavy atom. The van der Waals surface area contributed by atoms with Crippen LogP contribution in [0.15, 0.2) is 24.5 Å². The van der Waals surface area contributed by atoms with Gasteiger partial charge >= 0.3 is 0 Å². The van der Waals surface area contributed by atoms with Gasteiger partial charge in [-0.2, -0.15) is 5.26 Å². The first-order chi connectivity index (χ1) is 7.86. The molecule has 0 aliphatic carbocycles. The second-order valence-electron chi connectivity index (χ2n) is 3.22. The van der Waals surface area contributed by atoms with Gasteiger partial charge < -0.3 is 4.55 Å². The second-order valence-corrected chi connectivity index (χ2v) is 4.07. The van der Waals surface area contributed by atoms with E-state index in [1.165, 1.54) is 12.8 Å². The van der Waals surface area contributed by atoms with Crippen molar-refractivity contribution in [1.82, 2.24) is 0 Å². The summed E-state index contributed by atoms with van der Waals surface area (Å²) in [5.41, 5.74) is 0.725. The minimum atomic E-state index is -4.92. The van der Waals surface area contributed by atoms with Crippen LogP contribution in [-0.4, -0.2) is 17.5 Å². The molecule has 0 atom stereocenters. The van der Waals surface area contributed by atoms with Crippen molar-refractivity contribution in [3.8, 4) is 6.07 Å². The number of aryl methyl sites for hydroxylation is 1. The van der Waals surface area contributed by atoms with E-state index in [0.717, 1.165) is 12.1 Å². The fourth-order valence-corrected chi connectivity index (χ4v) is 1.02. The summed E-state index contributed by atoms with van der Waals surface area (Å²) in [5, 5.41) is 8.55. The molecule has 6 nitrogen and oxygen atoms in total. The maximum Gasteiger partial charge on any atom is 0.215 e. The molecule has 0 aliphatic heterocycles. The van der Waals surface area contributed by atoms with Gasteiger partial charge in [0, 0.05) is 18.6 Å². The predicted octanol–water partition coefficient (Wildman–Crippen LogP) is 0.650. The Bertz CT molecular complexity index is 454. The molecule has 1 aromatic rings. The van der Waals surface area contributed by atoms with E-state index in [4.69, 9.17) is 22.8 Å². The van der Waals surface area contributed by atoms with Crippen LogP contribution in [0.3, 0.4) is 0 Å². The van der Waals surface area contributed by atoms with Gasteiger partial charge in [-0.15, -0.1) is 0 Å². The van der Waals surface area contributed by atoms with Crippen molar-refractivity contribution < 1.29 is 22.1 Å². The van der Waals surface area contributed by atoms with Gasteiger partial charge in [0.05, 0.1) is 11.6 Å². The van der Waals surface area contributed by atoms with Crippen LogP contribution in [0, 0.1) is 11.3 Å². The third-order valence-electron chi connectivity index (χ3n) is 1.79. The average Bonchev–Trinajstić information content (AvgIpc) is 2.25. The number of aromatic nitrogens is 1. The van der Waals surface area contributed by atoms with Crippen molar-refractivity contribution in [1.29, 1.82) is 5.26 Å². The molecule has 1 N–H and O–H groups in total. The van der Waals surface area contributed by atoms with E-state index in [1.807, 2.05) is 24.5 Å². The summed E-state index contributed by atoms with van der Waals surface area (Å²) in [5.74, 6) is 0. The van der Waals surface area contributed by atoms with E-state index in [2.05, 4.69) is 17.6 Å². The van der Waals surface area contributed by atoms with Crippen molar-refractivity contribution in [2.24, 2.45) is 0 Å². The molecule has 0 amide bonds. The van der Waals surface area contributed by atoms with Crippen molar-refractivity contribution in [2.45, 2.75) is 26.3 Å². The molecule has 94 valence electrons. The average molecular weight is 258 g/mol. The molecule has 0 unspecified atom stereocenters. The Morgan fingerprint density at radius 3 is 2.29 bits per heavy atom. The first kappa shape index (κ1) is 15.5. The minimum Gasteiger partial charge on any atom is -0.726 e. The van der Waals surface area contributed by atoms with Crippen LogP contribution in [0.1, 0.15) is 25.3 Å². The molecule has 1 aromatic heterocycles. The highest BCUT2D eigenvalue weighted by atomic mass is 32.3. The van der Waals surface area contributed by atoms with E-state index in [-0.39, 0.29) is 0 Å². The third kappa shape index (κ3) is 10.8. The van der Waals surface area contributed by atoms with Crippen LogP contribution in [0.5, 0.6) is 0 Å². The number of rotatable bonds is 3. The molecule has 0 saturated carbocycles. The van der Waals surface area contributed by atoms with Gasteiger partial charge in [-0.1, -0.05) is 13.3 Å². The fourth-order valence-electron chi connectivity index (χ4n) is 1.02. The van der Waals surface area contributed by atoms with Gasteiger partial charge in [-0.3, -0.25) is 4.55 Å². The van der Waals surface area contributed by atoms with E-state index in [0.29, 0.717) is 0 Å². The molecule has 0 spiro atoms. The molecule has 17 heavy (non-hydrogen) atoms. The number of nitrogens with zero attached hydrogens (tertiary/aromatic N) is 2. The molecule has 0 bridgehead atoms. The van der Waals surface area contributed by atoms with Gasteiger partial charge in [0.2, 0.25) is 10.4 Å². The highest BCUT2D eigenvalue weighted by Crippen LogP contribution is 1.92. The van der Waals surface area contributed by atoms with Gasteiger partial charge in [0.15, 0.2) is 12.4 Å². The molecular weight excluding hydrogens is 244 g/mol. The first-order valence-corrected chi connectivity index (χ1v) is 6.31. The standard InChI is InChI=1S/C10H13N2.H2O4S/c1-2-3-6-12-7-4-10(9-11)5-8-12;1-5(2,3)4/h4-5,7-8H,2-3,6H2,1H3;(H2,1,2,3,4)/q+1;/p-1. The summed E-state index contributed by atoms with van der Waals surface area (Å²) in [6, 6.07) is 5.78.